The van der Waals surface area contributed by atoms with Gasteiger partial charge < -0.3 is 11.5 Å². The second-order valence-corrected chi connectivity index (χ2v) is 2.95. The van der Waals surface area contributed by atoms with Gasteiger partial charge in [0.2, 0.25) is 5.91 Å². The summed E-state index contributed by atoms with van der Waals surface area (Å²) in [5.74, 6) is -0.611. The highest BCUT2D eigenvalue weighted by Gasteiger charge is 2.24. The second-order valence-electron chi connectivity index (χ2n) is 2.95. The van der Waals surface area contributed by atoms with Crippen LogP contribution in [0.15, 0.2) is 0 Å². The highest BCUT2D eigenvalue weighted by Crippen LogP contribution is 2.10. The predicted molar refractivity (Wildman–Crippen MR) is 36.6 cm³/mol. The zero-order valence-electron chi connectivity index (χ0n) is 6.14. The Bertz CT molecular complexity index is 115. The summed E-state index contributed by atoms with van der Waals surface area (Å²) in [5, 5.41) is 0. The summed E-state index contributed by atoms with van der Waals surface area (Å²) >= 11 is 0. The Morgan fingerprint density at radius 2 is 1.89 bits per heavy atom. The minimum Gasteiger partial charge on any atom is -0.369 e. The molecule has 3 nitrogen and oxygen atoms in total. The van der Waals surface area contributed by atoms with E-state index in [1.54, 1.807) is 20.8 Å². The van der Waals surface area contributed by atoms with Gasteiger partial charge in [-0.15, -0.1) is 0 Å². The van der Waals surface area contributed by atoms with E-state index in [0.29, 0.717) is 0 Å². The molecule has 1 atom stereocenters. The number of rotatable bonds is 2. The van der Waals surface area contributed by atoms with Gasteiger partial charge in [0.1, 0.15) is 0 Å². The van der Waals surface area contributed by atoms with Crippen LogP contribution in [0.1, 0.15) is 20.8 Å². The number of nitrogens with two attached hydrogens (primary N) is 2. The van der Waals surface area contributed by atoms with E-state index in [9.17, 15) is 4.79 Å². The first kappa shape index (κ1) is 8.43. The number of carbonyl (C=O) groups excluding carboxylic acids is 1. The van der Waals surface area contributed by atoms with Crippen LogP contribution >= 0.6 is 0 Å². The molecule has 0 aliphatic heterocycles. The van der Waals surface area contributed by atoms with Crippen LogP contribution in [0.4, 0.5) is 0 Å². The average Bonchev–Trinajstić information content (AvgIpc) is 1.62. The van der Waals surface area contributed by atoms with Crippen molar-refractivity contribution in [3.8, 4) is 0 Å². The number of hydrogen-bond donors (Lipinski definition) is 2. The fourth-order valence-electron chi connectivity index (χ4n) is 0.367. The van der Waals surface area contributed by atoms with Crippen LogP contribution in [-0.2, 0) is 4.79 Å². The van der Waals surface area contributed by atoms with Crippen LogP contribution in [0, 0.1) is 5.92 Å². The fourth-order valence-corrected chi connectivity index (χ4v) is 0.367. The second kappa shape index (κ2) is 2.35. The lowest BCUT2D eigenvalue weighted by molar-refractivity contribution is -0.122. The molecule has 0 bridgehead atoms. The van der Waals surface area contributed by atoms with Crippen LogP contribution in [-0.4, -0.2) is 11.4 Å². The van der Waals surface area contributed by atoms with Gasteiger partial charge in [-0.05, 0) is 13.8 Å². The topological polar surface area (TPSA) is 69.1 Å². The Kier molecular flexibility index (Phi) is 2.20. The van der Waals surface area contributed by atoms with Crippen molar-refractivity contribution in [2.45, 2.75) is 26.3 Å². The van der Waals surface area contributed by atoms with Crippen molar-refractivity contribution < 1.29 is 4.79 Å². The van der Waals surface area contributed by atoms with Crippen LogP contribution in [0.3, 0.4) is 0 Å². The molecular formula is C6H14N2O. The third-order valence-electron chi connectivity index (χ3n) is 1.54. The summed E-state index contributed by atoms with van der Waals surface area (Å²) in [6.45, 7) is 5.28. The molecule has 0 spiro atoms. The Morgan fingerprint density at radius 1 is 1.56 bits per heavy atom. The molecule has 0 aromatic heterocycles. The average molecular weight is 130 g/mol. The molecule has 0 aromatic rings. The maximum absolute atomic E-state index is 10.5. The standard InChI is InChI=1S/C6H14N2O/c1-4(5(7)9)6(2,3)8/h4H,8H2,1-3H3,(H2,7,9)/t4-/m1/s1. The lowest BCUT2D eigenvalue weighted by Crippen LogP contribution is -2.45. The van der Waals surface area contributed by atoms with Gasteiger partial charge >= 0.3 is 0 Å². The van der Waals surface area contributed by atoms with Crippen molar-refractivity contribution in [1.29, 1.82) is 0 Å². The van der Waals surface area contributed by atoms with Crippen molar-refractivity contribution in [3.63, 3.8) is 0 Å². The maximum atomic E-state index is 10.5. The quantitative estimate of drug-likeness (QED) is 0.545. The van der Waals surface area contributed by atoms with Gasteiger partial charge in [-0.3, -0.25) is 4.79 Å². The molecule has 1 amide bonds. The molecular weight excluding hydrogens is 116 g/mol. The van der Waals surface area contributed by atoms with Gasteiger partial charge in [0.05, 0.1) is 5.92 Å². The van der Waals surface area contributed by atoms with E-state index in [4.69, 9.17) is 11.5 Å². The normalized spacial score (nSPS) is 15.1. The van der Waals surface area contributed by atoms with Gasteiger partial charge in [0, 0.05) is 5.54 Å². The predicted octanol–water partition coefficient (Wildman–Crippen LogP) is -0.155. The molecule has 9 heavy (non-hydrogen) atoms. The molecule has 4 N–H and O–H groups in total. The van der Waals surface area contributed by atoms with Crippen molar-refractivity contribution in [2.75, 3.05) is 0 Å². The molecule has 0 aliphatic rings. The summed E-state index contributed by atoms with van der Waals surface area (Å²) in [6, 6.07) is 0. The fraction of sp³-hybridized carbons (Fsp3) is 0.833. The smallest absolute Gasteiger partial charge is 0.222 e. The van der Waals surface area contributed by atoms with Crippen molar-refractivity contribution in [3.05, 3.63) is 0 Å². The van der Waals surface area contributed by atoms with Crippen molar-refractivity contribution in [2.24, 2.45) is 17.4 Å². The lowest BCUT2D eigenvalue weighted by Gasteiger charge is -2.23. The minimum absolute atomic E-state index is 0.266. The van der Waals surface area contributed by atoms with Gasteiger partial charge in [-0.2, -0.15) is 0 Å². The zero-order valence-corrected chi connectivity index (χ0v) is 6.14. The first-order valence-electron chi connectivity index (χ1n) is 2.94. The summed E-state index contributed by atoms with van der Waals surface area (Å²) in [6.07, 6.45) is 0. The highest BCUT2D eigenvalue weighted by atomic mass is 16.1. The molecule has 0 fully saturated rings. The lowest BCUT2D eigenvalue weighted by atomic mass is 9.90. The number of primary amides is 1. The van der Waals surface area contributed by atoms with E-state index in [0.717, 1.165) is 0 Å². The van der Waals surface area contributed by atoms with Crippen molar-refractivity contribution >= 4 is 5.91 Å². The third-order valence-corrected chi connectivity index (χ3v) is 1.54. The molecule has 0 radical (unpaired) electrons. The summed E-state index contributed by atoms with van der Waals surface area (Å²) in [4.78, 5) is 10.5. The highest BCUT2D eigenvalue weighted by molar-refractivity contribution is 5.77. The molecule has 0 saturated heterocycles. The van der Waals surface area contributed by atoms with Gasteiger partial charge in [0.15, 0.2) is 0 Å². The summed E-state index contributed by atoms with van der Waals surface area (Å²) in [7, 11) is 0. The molecule has 3 heteroatoms. The van der Waals surface area contributed by atoms with E-state index in [-0.39, 0.29) is 11.8 Å². The monoisotopic (exact) mass is 130 g/mol. The van der Waals surface area contributed by atoms with Gasteiger partial charge in [-0.25, -0.2) is 0 Å². The van der Waals surface area contributed by atoms with E-state index in [2.05, 4.69) is 0 Å². The first-order chi connectivity index (χ1) is 3.85. The Hall–Kier alpha value is -0.570. The number of hydrogen-bond acceptors (Lipinski definition) is 2. The van der Waals surface area contributed by atoms with Crippen molar-refractivity contribution in [1.82, 2.24) is 0 Å². The minimum atomic E-state index is -0.494. The van der Waals surface area contributed by atoms with Crippen LogP contribution in [0.2, 0.25) is 0 Å². The SMILES string of the molecule is C[C@H](C(N)=O)C(C)(C)N. The molecule has 0 saturated carbocycles. The van der Waals surface area contributed by atoms with Crippen LogP contribution in [0.25, 0.3) is 0 Å². The van der Waals surface area contributed by atoms with E-state index in [1.165, 1.54) is 0 Å². The first-order valence-corrected chi connectivity index (χ1v) is 2.94. The number of carbonyl (C=O) groups is 1. The molecule has 0 heterocycles. The van der Waals surface area contributed by atoms with E-state index < -0.39 is 5.54 Å². The summed E-state index contributed by atoms with van der Waals surface area (Å²) < 4.78 is 0. The molecule has 0 aliphatic carbocycles. The molecule has 0 aromatic carbocycles. The van der Waals surface area contributed by atoms with Gasteiger partial charge in [0.25, 0.3) is 0 Å². The number of amides is 1. The Morgan fingerprint density at radius 3 is 1.89 bits per heavy atom. The van der Waals surface area contributed by atoms with Crippen LogP contribution < -0.4 is 11.5 Å². The van der Waals surface area contributed by atoms with E-state index in [1.807, 2.05) is 0 Å². The Labute approximate surface area is 55.4 Å². The summed E-state index contributed by atoms with van der Waals surface area (Å²) in [5.41, 5.74) is 10.1. The molecule has 0 rings (SSSR count). The van der Waals surface area contributed by atoms with Crippen LogP contribution in [0.5, 0.6) is 0 Å². The largest absolute Gasteiger partial charge is 0.369 e. The van der Waals surface area contributed by atoms with E-state index >= 15 is 0 Å². The molecule has 0 unspecified atom stereocenters. The maximum Gasteiger partial charge on any atom is 0.222 e. The Balaban J connectivity index is 4.04. The third kappa shape index (κ3) is 2.46. The zero-order chi connectivity index (χ0) is 7.65. The molecule has 54 valence electrons. The van der Waals surface area contributed by atoms with Gasteiger partial charge in [-0.1, -0.05) is 6.92 Å².